The summed E-state index contributed by atoms with van der Waals surface area (Å²) in [5.41, 5.74) is 1.95. The third-order valence-electron chi connectivity index (χ3n) is 3.64. The zero-order valence-corrected chi connectivity index (χ0v) is 10.8. The fourth-order valence-electron chi connectivity index (χ4n) is 2.36. The fraction of sp³-hybridized carbons (Fsp3) is 0.714. The number of allylic oxidation sites excluding steroid dienone is 3. The quantitative estimate of drug-likeness (QED) is 0.698. The Labute approximate surface area is 94.6 Å². The lowest BCUT2D eigenvalue weighted by atomic mass is 9.68. The average molecular weight is 207 g/mol. The molecule has 1 aliphatic carbocycles. The van der Waals surface area contributed by atoms with E-state index >= 15 is 0 Å². The van der Waals surface area contributed by atoms with E-state index in [1.165, 1.54) is 18.4 Å². The van der Waals surface area contributed by atoms with E-state index in [0.29, 0.717) is 17.4 Å². The van der Waals surface area contributed by atoms with E-state index in [2.05, 4.69) is 51.2 Å². The SMILES string of the molecule is CNC(C)C=CC1C(C)=CCCC1(C)C. The lowest BCUT2D eigenvalue weighted by molar-refractivity contribution is 0.255. The summed E-state index contributed by atoms with van der Waals surface area (Å²) in [4.78, 5) is 0. The van der Waals surface area contributed by atoms with Gasteiger partial charge in [0.05, 0.1) is 0 Å². The Kier molecular flexibility index (Phi) is 4.15. The molecule has 2 atom stereocenters. The number of likely N-dealkylation sites (N-methyl/N-ethyl adjacent to an activating group) is 1. The first-order chi connectivity index (χ1) is 6.97. The minimum Gasteiger partial charge on any atom is -0.314 e. The van der Waals surface area contributed by atoms with E-state index in [9.17, 15) is 0 Å². The standard InChI is InChI=1S/C14H25N/c1-11-7-6-10-14(3,4)13(11)9-8-12(2)15-5/h7-9,12-13,15H,6,10H2,1-5H3. The molecule has 1 nitrogen and oxygen atoms in total. The minimum atomic E-state index is 0.419. The van der Waals surface area contributed by atoms with Gasteiger partial charge in [0, 0.05) is 12.0 Å². The van der Waals surface area contributed by atoms with Gasteiger partial charge in [-0.25, -0.2) is 0 Å². The number of rotatable bonds is 3. The molecule has 86 valence electrons. The Hall–Kier alpha value is -0.560. The molecule has 1 heteroatoms. The summed E-state index contributed by atoms with van der Waals surface area (Å²) in [6.07, 6.45) is 9.60. The minimum absolute atomic E-state index is 0.419. The van der Waals surface area contributed by atoms with Crippen LogP contribution in [0.5, 0.6) is 0 Å². The van der Waals surface area contributed by atoms with Crippen LogP contribution in [0, 0.1) is 11.3 Å². The van der Waals surface area contributed by atoms with Gasteiger partial charge >= 0.3 is 0 Å². The summed E-state index contributed by atoms with van der Waals surface area (Å²) in [5, 5.41) is 3.24. The largest absolute Gasteiger partial charge is 0.314 e. The van der Waals surface area contributed by atoms with E-state index in [-0.39, 0.29) is 0 Å². The molecule has 0 fully saturated rings. The lowest BCUT2D eigenvalue weighted by Gasteiger charge is -2.36. The Balaban J connectivity index is 2.76. The molecule has 0 aliphatic heterocycles. The van der Waals surface area contributed by atoms with Crippen LogP contribution < -0.4 is 5.32 Å². The van der Waals surface area contributed by atoms with Crippen LogP contribution in [0.4, 0.5) is 0 Å². The zero-order chi connectivity index (χ0) is 11.5. The van der Waals surface area contributed by atoms with Gasteiger partial charge in [-0.2, -0.15) is 0 Å². The molecular formula is C14H25N. The molecular weight excluding hydrogens is 182 g/mol. The summed E-state index contributed by atoms with van der Waals surface area (Å²) in [6.45, 7) is 9.20. The van der Waals surface area contributed by atoms with Gasteiger partial charge in [0.25, 0.3) is 0 Å². The van der Waals surface area contributed by atoms with Crippen molar-refractivity contribution in [3.8, 4) is 0 Å². The normalized spacial score (nSPS) is 27.8. The van der Waals surface area contributed by atoms with Crippen molar-refractivity contribution >= 4 is 0 Å². The molecule has 0 bridgehead atoms. The number of nitrogens with one attached hydrogen (secondary N) is 1. The first-order valence-electron chi connectivity index (χ1n) is 5.99. The van der Waals surface area contributed by atoms with Crippen molar-refractivity contribution in [3.05, 3.63) is 23.8 Å². The molecule has 0 aromatic carbocycles. The van der Waals surface area contributed by atoms with Gasteiger partial charge in [-0.1, -0.05) is 37.6 Å². The number of hydrogen-bond donors (Lipinski definition) is 1. The second-order valence-electron chi connectivity index (χ2n) is 5.42. The summed E-state index contributed by atoms with van der Waals surface area (Å²) in [7, 11) is 2.00. The molecule has 0 heterocycles. The van der Waals surface area contributed by atoms with Crippen molar-refractivity contribution in [2.45, 2.75) is 46.6 Å². The molecule has 0 amide bonds. The van der Waals surface area contributed by atoms with Crippen molar-refractivity contribution in [1.29, 1.82) is 0 Å². The Morgan fingerprint density at radius 2 is 2.20 bits per heavy atom. The zero-order valence-electron chi connectivity index (χ0n) is 10.8. The average Bonchev–Trinajstić information content (AvgIpc) is 2.15. The van der Waals surface area contributed by atoms with E-state index in [1.807, 2.05) is 7.05 Å². The Morgan fingerprint density at radius 1 is 1.53 bits per heavy atom. The van der Waals surface area contributed by atoms with Crippen LogP contribution in [0.2, 0.25) is 0 Å². The molecule has 0 aromatic rings. The lowest BCUT2D eigenvalue weighted by Crippen LogP contribution is -2.27. The van der Waals surface area contributed by atoms with Crippen molar-refractivity contribution in [1.82, 2.24) is 5.32 Å². The first kappa shape index (κ1) is 12.5. The van der Waals surface area contributed by atoms with Gasteiger partial charge in [-0.3, -0.25) is 0 Å². The highest BCUT2D eigenvalue weighted by atomic mass is 14.8. The molecule has 0 saturated heterocycles. The summed E-state index contributed by atoms with van der Waals surface area (Å²) in [5.74, 6) is 0.613. The molecule has 15 heavy (non-hydrogen) atoms. The van der Waals surface area contributed by atoms with Crippen molar-refractivity contribution in [2.24, 2.45) is 11.3 Å². The second kappa shape index (κ2) is 4.98. The van der Waals surface area contributed by atoms with Gasteiger partial charge in [0.2, 0.25) is 0 Å². The van der Waals surface area contributed by atoms with E-state index in [4.69, 9.17) is 0 Å². The molecule has 0 radical (unpaired) electrons. The topological polar surface area (TPSA) is 12.0 Å². The smallest absolute Gasteiger partial charge is 0.0218 e. The molecule has 1 N–H and O–H groups in total. The van der Waals surface area contributed by atoms with Crippen LogP contribution in [0.1, 0.15) is 40.5 Å². The van der Waals surface area contributed by atoms with Gasteiger partial charge < -0.3 is 5.32 Å². The molecule has 2 unspecified atom stereocenters. The van der Waals surface area contributed by atoms with Crippen molar-refractivity contribution in [2.75, 3.05) is 7.05 Å². The second-order valence-corrected chi connectivity index (χ2v) is 5.42. The maximum Gasteiger partial charge on any atom is 0.0218 e. The monoisotopic (exact) mass is 207 g/mol. The van der Waals surface area contributed by atoms with Crippen molar-refractivity contribution in [3.63, 3.8) is 0 Å². The molecule has 0 spiro atoms. The Morgan fingerprint density at radius 3 is 2.73 bits per heavy atom. The molecule has 1 rings (SSSR count). The van der Waals surface area contributed by atoms with Crippen LogP contribution >= 0.6 is 0 Å². The van der Waals surface area contributed by atoms with Gasteiger partial charge in [0.15, 0.2) is 0 Å². The van der Waals surface area contributed by atoms with Gasteiger partial charge in [0.1, 0.15) is 0 Å². The maximum atomic E-state index is 3.24. The predicted octanol–water partition coefficient (Wildman–Crippen LogP) is 3.53. The molecule has 0 aromatic heterocycles. The summed E-state index contributed by atoms with van der Waals surface area (Å²) < 4.78 is 0. The van der Waals surface area contributed by atoms with Gasteiger partial charge in [-0.05, 0) is 39.2 Å². The highest BCUT2D eigenvalue weighted by Gasteiger charge is 2.30. The highest BCUT2D eigenvalue weighted by Crippen LogP contribution is 2.41. The van der Waals surface area contributed by atoms with Crippen LogP contribution in [0.3, 0.4) is 0 Å². The van der Waals surface area contributed by atoms with Crippen LogP contribution in [0.15, 0.2) is 23.8 Å². The third-order valence-corrected chi connectivity index (χ3v) is 3.64. The predicted molar refractivity (Wildman–Crippen MR) is 67.9 cm³/mol. The fourth-order valence-corrected chi connectivity index (χ4v) is 2.36. The highest BCUT2D eigenvalue weighted by molar-refractivity contribution is 5.19. The van der Waals surface area contributed by atoms with E-state index in [0.717, 1.165) is 0 Å². The third kappa shape index (κ3) is 3.20. The first-order valence-corrected chi connectivity index (χ1v) is 5.99. The van der Waals surface area contributed by atoms with E-state index in [1.54, 1.807) is 0 Å². The molecule has 0 saturated carbocycles. The van der Waals surface area contributed by atoms with Crippen LogP contribution in [-0.4, -0.2) is 13.1 Å². The maximum absolute atomic E-state index is 3.24. The van der Waals surface area contributed by atoms with E-state index < -0.39 is 0 Å². The van der Waals surface area contributed by atoms with Crippen LogP contribution in [0.25, 0.3) is 0 Å². The van der Waals surface area contributed by atoms with Crippen LogP contribution in [-0.2, 0) is 0 Å². The van der Waals surface area contributed by atoms with Gasteiger partial charge in [-0.15, -0.1) is 0 Å². The van der Waals surface area contributed by atoms with Crippen molar-refractivity contribution < 1.29 is 0 Å². The molecule has 1 aliphatic rings. The summed E-state index contributed by atoms with van der Waals surface area (Å²) >= 11 is 0. The number of hydrogen-bond acceptors (Lipinski definition) is 1. The summed E-state index contributed by atoms with van der Waals surface area (Å²) in [6, 6.07) is 0.468. The Bertz CT molecular complexity index is 261.